The van der Waals surface area contributed by atoms with Gasteiger partial charge >= 0.3 is 0 Å². The third kappa shape index (κ3) is 8.96. The summed E-state index contributed by atoms with van der Waals surface area (Å²) >= 11 is 0. The molecule has 5 heteroatoms. The number of hydrazine groups is 1. The van der Waals surface area contributed by atoms with Gasteiger partial charge in [0.15, 0.2) is 0 Å². The number of anilines is 1. The van der Waals surface area contributed by atoms with Gasteiger partial charge in [-0.05, 0) is 80.4 Å². The Labute approximate surface area is 224 Å². The Morgan fingerprint density at radius 3 is 1.86 bits per heavy atom. The number of hydrogen-bond donors (Lipinski definition) is 2. The van der Waals surface area contributed by atoms with E-state index in [4.69, 9.17) is 16.3 Å². The Hall–Kier alpha value is -3.28. The standard InChI is InChI=1S/C30H40N4O.C2H6/c1-5-33(6-2)21-7-8-29(31)30(34(32)27-17-9-23(3)10-18-27)22-24-11-13-25(14-12-24)26-15-19-28(35-4)20-16-26;1-2/h9-20H,5-8,21-22,31-32H2,1-4H3;1-2H3/b30-29-;. The van der Waals surface area contributed by atoms with Gasteiger partial charge in [-0.3, -0.25) is 5.01 Å². The molecule has 0 aliphatic heterocycles. The molecule has 0 bridgehead atoms. The lowest BCUT2D eigenvalue weighted by molar-refractivity contribution is 0.299. The molecule has 0 amide bonds. The maximum absolute atomic E-state index is 6.68. The van der Waals surface area contributed by atoms with E-state index in [1.165, 1.54) is 11.1 Å². The molecule has 37 heavy (non-hydrogen) atoms. The number of benzene rings is 3. The molecule has 5 nitrogen and oxygen atoms in total. The molecular weight excluding hydrogens is 456 g/mol. The zero-order chi connectivity index (χ0) is 27.2. The first-order chi connectivity index (χ1) is 17.9. The summed E-state index contributed by atoms with van der Waals surface area (Å²) in [5.41, 5.74) is 14.1. The average molecular weight is 503 g/mol. The molecule has 0 aromatic heterocycles. The SMILES string of the molecule is CC.CCN(CC)CCC/C(N)=C(\Cc1ccc(-c2ccc(OC)cc2)cc1)N(N)c1ccc(C)cc1. The number of allylic oxidation sites excluding steroid dienone is 2. The molecule has 0 unspecified atom stereocenters. The van der Waals surface area contributed by atoms with Crippen LogP contribution in [0.5, 0.6) is 5.75 Å². The third-order valence-electron chi connectivity index (χ3n) is 6.54. The summed E-state index contributed by atoms with van der Waals surface area (Å²) in [5, 5.41) is 1.75. The highest BCUT2D eigenvalue weighted by molar-refractivity contribution is 5.64. The van der Waals surface area contributed by atoms with Gasteiger partial charge in [0.2, 0.25) is 0 Å². The van der Waals surface area contributed by atoms with Crippen molar-refractivity contribution < 1.29 is 4.74 Å². The van der Waals surface area contributed by atoms with Crippen LogP contribution in [0.2, 0.25) is 0 Å². The molecule has 0 heterocycles. The van der Waals surface area contributed by atoms with Crippen LogP contribution in [-0.2, 0) is 6.42 Å². The van der Waals surface area contributed by atoms with Gasteiger partial charge in [-0.15, -0.1) is 0 Å². The van der Waals surface area contributed by atoms with Crippen LogP contribution in [0.1, 0.15) is 51.7 Å². The summed E-state index contributed by atoms with van der Waals surface area (Å²) in [7, 11) is 1.68. The number of ether oxygens (including phenoxy) is 1. The van der Waals surface area contributed by atoms with Crippen molar-refractivity contribution in [2.45, 2.75) is 53.9 Å². The van der Waals surface area contributed by atoms with E-state index in [1.807, 2.05) is 38.1 Å². The fourth-order valence-electron chi connectivity index (χ4n) is 4.18. The van der Waals surface area contributed by atoms with Crippen molar-refractivity contribution in [3.05, 3.63) is 95.3 Å². The van der Waals surface area contributed by atoms with Crippen LogP contribution in [0.3, 0.4) is 0 Å². The molecule has 0 fully saturated rings. The first-order valence-electron chi connectivity index (χ1n) is 13.5. The molecular formula is C32H46N4O. The van der Waals surface area contributed by atoms with Gasteiger partial charge in [-0.25, -0.2) is 5.84 Å². The summed E-state index contributed by atoms with van der Waals surface area (Å²) in [6, 6.07) is 25.0. The second-order valence-electron chi connectivity index (χ2n) is 8.91. The van der Waals surface area contributed by atoms with Crippen LogP contribution >= 0.6 is 0 Å². The monoisotopic (exact) mass is 502 g/mol. The van der Waals surface area contributed by atoms with E-state index < -0.39 is 0 Å². The summed E-state index contributed by atoms with van der Waals surface area (Å²) in [6.07, 6.45) is 2.49. The molecule has 0 atom stereocenters. The molecule has 0 saturated carbocycles. The molecule has 0 aliphatic rings. The fourth-order valence-corrected chi connectivity index (χ4v) is 4.18. The van der Waals surface area contributed by atoms with Crippen molar-refractivity contribution in [1.29, 1.82) is 0 Å². The number of methoxy groups -OCH3 is 1. The van der Waals surface area contributed by atoms with Gasteiger partial charge in [-0.1, -0.05) is 81.8 Å². The minimum atomic E-state index is 0.671. The topological polar surface area (TPSA) is 67.8 Å². The predicted molar refractivity (Wildman–Crippen MR) is 160 cm³/mol. The predicted octanol–water partition coefficient (Wildman–Crippen LogP) is 6.91. The van der Waals surface area contributed by atoms with Crippen molar-refractivity contribution in [2.75, 3.05) is 31.8 Å². The second kappa shape index (κ2) is 15.7. The van der Waals surface area contributed by atoms with Gasteiger partial charge in [0.1, 0.15) is 5.75 Å². The Morgan fingerprint density at radius 2 is 1.35 bits per heavy atom. The molecule has 0 aliphatic carbocycles. The normalized spacial score (nSPS) is 11.5. The minimum absolute atomic E-state index is 0.671. The molecule has 3 aromatic carbocycles. The summed E-state index contributed by atoms with van der Waals surface area (Å²) < 4.78 is 5.27. The van der Waals surface area contributed by atoms with E-state index in [1.54, 1.807) is 12.1 Å². The van der Waals surface area contributed by atoms with Crippen LogP contribution in [-0.4, -0.2) is 31.6 Å². The molecule has 0 radical (unpaired) electrons. The summed E-state index contributed by atoms with van der Waals surface area (Å²) in [5.74, 6) is 7.50. The van der Waals surface area contributed by atoms with E-state index in [9.17, 15) is 0 Å². The smallest absolute Gasteiger partial charge is 0.118 e. The molecule has 0 saturated heterocycles. The van der Waals surface area contributed by atoms with Crippen molar-refractivity contribution in [1.82, 2.24) is 4.90 Å². The second-order valence-corrected chi connectivity index (χ2v) is 8.91. The number of nitrogens with two attached hydrogens (primary N) is 2. The quantitative estimate of drug-likeness (QED) is 0.208. The zero-order valence-corrected chi connectivity index (χ0v) is 23.6. The lowest BCUT2D eigenvalue weighted by Gasteiger charge is -2.25. The van der Waals surface area contributed by atoms with Crippen molar-refractivity contribution >= 4 is 5.69 Å². The van der Waals surface area contributed by atoms with Crippen LogP contribution in [0.4, 0.5) is 5.69 Å². The van der Waals surface area contributed by atoms with Gasteiger partial charge in [0.25, 0.3) is 0 Å². The highest BCUT2D eigenvalue weighted by Gasteiger charge is 2.14. The van der Waals surface area contributed by atoms with Gasteiger partial charge in [0, 0.05) is 12.1 Å². The molecule has 3 rings (SSSR count). The first kappa shape index (κ1) is 29.9. The fraction of sp³-hybridized carbons (Fsp3) is 0.375. The Morgan fingerprint density at radius 1 is 0.811 bits per heavy atom. The highest BCUT2D eigenvalue weighted by Crippen LogP contribution is 2.26. The first-order valence-corrected chi connectivity index (χ1v) is 13.5. The molecule has 200 valence electrons. The van der Waals surface area contributed by atoms with Crippen molar-refractivity contribution in [3.63, 3.8) is 0 Å². The van der Waals surface area contributed by atoms with E-state index >= 15 is 0 Å². The van der Waals surface area contributed by atoms with Crippen LogP contribution in [0.25, 0.3) is 11.1 Å². The third-order valence-corrected chi connectivity index (χ3v) is 6.54. The van der Waals surface area contributed by atoms with Crippen molar-refractivity contribution in [2.24, 2.45) is 11.6 Å². The number of aryl methyl sites for hydroxylation is 1. The maximum Gasteiger partial charge on any atom is 0.118 e. The number of rotatable bonds is 12. The van der Waals surface area contributed by atoms with E-state index in [-0.39, 0.29) is 0 Å². The lowest BCUT2D eigenvalue weighted by atomic mass is 10.0. The van der Waals surface area contributed by atoms with E-state index in [0.717, 1.165) is 66.4 Å². The van der Waals surface area contributed by atoms with Gasteiger partial charge < -0.3 is 15.4 Å². The lowest BCUT2D eigenvalue weighted by Crippen LogP contribution is -2.33. The van der Waals surface area contributed by atoms with Gasteiger partial charge in [-0.2, -0.15) is 0 Å². The molecule has 0 spiro atoms. The van der Waals surface area contributed by atoms with Crippen LogP contribution in [0, 0.1) is 6.92 Å². The zero-order valence-electron chi connectivity index (χ0n) is 23.6. The maximum atomic E-state index is 6.68. The van der Waals surface area contributed by atoms with E-state index in [0.29, 0.717) is 6.42 Å². The van der Waals surface area contributed by atoms with Crippen LogP contribution in [0.15, 0.2) is 84.2 Å². The minimum Gasteiger partial charge on any atom is -0.497 e. The Kier molecular flexibility index (Phi) is 12.7. The summed E-state index contributed by atoms with van der Waals surface area (Å²) in [6.45, 7) is 13.6. The average Bonchev–Trinajstić information content (AvgIpc) is 2.95. The van der Waals surface area contributed by atoms with Crippen LogP contribution < -0.4 is 21.3 Å². The number of nitrogens with zero attached hydrogens (tertiary/aromatic N) is 2. The van der Waals surface area contributed by atoms with Crippen molar-refractivity contribution in [3.8, 4) is 16.9 Å². The highest BCUT2D eigenvalue weighted by atomic mass is 16.5. The Bertz CT molecular complexity index is 1070. The van der Waals surface area contributed by atoms with Gasteiger partial charge in [0.05, 0.1) is 18.5 Å². The summed E-state index contributed by atoms with van der Waals surface area (Å²) in [4.78, 5) is 2.42. The van der Waals surface area contributed by atoms with E-state index in [2.05, 4.69) is 74.2 Å². The Balaban J connectivity index is 0.00000235. The molecule has 3 aromatic rings. The molecule has 4 N–H and O–H groups in total. The largest absolute Gasteiger partial charge is 0.497 e. The number of hydrogen-bond acceptors (Lipinski definition) is 5.